The number of Topliss-reactive ketones (excluding diaryl/α,β-unsaturated/α-hetero) is 1. The Morgan fingerprint density at radius 2 is 1.31 bits per heavy atom. The summed E-state index contributed by atoms with van der Waals surface area (Å²) >= 11 is 0. The number of nitrogens with zero attached hydrogens (tertiary/aromatic N) is 1. The van der Waals surface area contributed by atoms with E-state index in [-0.39, 0.29) is 42.1 Å². The van der Waals surface area contributed by atoms with Crippen LogP contribution in [0, 0.1) is 0 Å². The summed E-state index contributed by atoms with van der Waals surface area (Å²) in [6, 6.07) is 27.7. The fourth-order valence-corrected chi connectivity index (χ4v) is 4.55. The summed E-state index contributed by atoms with van der Waals surface area (Å²) in [5.74, 6) is 0.511. The summed E-state index contributed by atoms with van der Waals surface area (Å²) in [5, 5.41) is 3.03. The number of methoxy groups -OCH3 is 2. The minimum absolute atomic E-state index is 0.184. The molecule has 216 valence electrons. The van der Waals surface area contributed by atoms with Crippen LogP contribution in [0.3, 0.4) is 0 Å². The summed E-state index contributed by atoms with van der Waals surface area (Å²) in [6.45, 7) is 1.39. The van der Waals surface area contributed by atoms with E-state index in [4.69, 9.17) is 19.9 Å². The molecule has 0 aromatic heterocycles. The zero-order valence-corrected chi connectivity index (χ0v) is 23.7. The number of carbonyl (C=O) groups excluding carboxylic acids is 3. The van der Waals surface area contributed by atoms with Crippen molar-refractivity contribution in [1.82, 2.24) is 5.32 Å². The third-order valence-corrected chi connectivity index (χ3v) is 6.62. The van der Waals surface area contributed by atoms with Crippen molar-refractivity contribution < 1.29 is 28.6 Å². The third-order valence-electron chi connectivity index (χ3n) is 6.62. The summed E-state index contributed by atoms with van der Waals surface area (Å²) in [5.41, 5.74) is 8.57. The Bertz CT molecular complexity index is 1500. The van der Waals surface area contributed by atoms with E-state index in [2.05, 4.69) is 5.32 Å². The van der Waals surface area contributed by atoms with E-state index in [9.17, 15) is 14.4 Å². The molecule has 0 aliphatic heterocycles. The lowest BCUT2D eigenvalue weighted by Gasteiger charge is -2.23. The lowest BCUT2D eigenvalue weighted by molar-refractivity contribution is -0.123. The van der Waals surface area contributed by atoms with Crippen LogP contribution in [-0.2, 0) is 4.79 Å². The Labute approximate surface area is 244 Å². The zero-order valence-electron chi connectivity index (χ0n) is 23.7. The molecule has 0 heterocycles. The minimum Gasteiger partial charge on any atom is -0.493 e. The van der Waals surface area contributed by atoms with E-state index in [1.807, 2.05) is 60.7 Å². The quantitative estimate of drug-likeness (QED) is 0.209. The van der Waals surface area contributed by atoms with Gasteiger partial charge in [-0.25, -0.2) is 4.79 Å². The predicted octanol–water partition coefficient (Wildman–Crippen LogP) is 5.80. The lowest BCUT2D eigenvalue weighted by Crippen LogP contribution is -2.33. The van der Waals surface area contributed by atoms with Crippen molar-refractivity contribution >= 4 is 29.1 Å². The molecular weight excluding hydrogens is 534 g/mol. The van der Waals surface area contributed by atoms with Gasteiger partial charge in [-0.15, -0.1) is 0 Å². The largest absolute Gasteiger partial charge is 0.493 e. The Morgan fingerprint density at radius 1 is 0.762 bits per heavy atom. The fourth-order valence-electron chi connectivity index (χ4n) is 4.55. The van der Waals surface area contributed by atoms with Gasteiger partial charge < -0.3 is 25.3 Å². The van der Waals surface area contributed by atoms with E-state index in [1.165, 1.54) is 25.2 Å². The molecule has 0 fully saturated rings. The van der Waals surface area contributed by atoms with Gasteiger partial charge in [-0.2, -0.15) is 0 Å². The predicted molar refractivity (Wildman–Crippen MR) is 161 cm³/mol. The van der Waals surface area contributed by atoms with E-state index in [1.54, 1.807) is 37.3 Å². The van der Waals surface area contributed by atoms with Crippen LogP contribution in [0.2, 0.25) is 0 Å². The van der Waals surface area contributed by atoms with Gasteiger partial charge in [0.2, 0.25) is 0 Å². The fraction of sp³-hybridized carbons (Fsp3) is 0.182. The number of hydrogen-bond donors (Lipinski definition) is 2. The highest BCUT2D eigenvalue weighted by Gasteiger charge is 2.22. The number of rotatable bonds is 12. The maximum absolute atomic E-state index is 13.1. The molecule has 0 spiro atoms. The maximum atomic E-state index is 13.1. The number of anilines is 2. The van der Waals surface area contributed by atoms with E-state index in [0.29, 0.717) is 22.9 Å². The lowest BCUT2D eigenvalue weighted by atomic mass is 9.99. The number of benzene rings is 4. The second kappa shape index (κ2) is 13.8. The average Bonchev–Trinajstić information content (AvgIpc) is 3.03. The van der Waals surface area contributed by atoms with E-state index in [0.717, 1.165) is 11.1 Å². The number of nitrogens with two attached hydrogens (primary N) is 1. The van der Waals surface area contributed by atoms with Crippen LogP contribution in [0.15, 0.2) is 97.1 Å². The van der Waals surface area contributed by atoms with Crippen LogP contribution < -0.4 is 30.2 Å². The van der Waals surface area contributed by atoms with Crippen LogP contribution in [0.5, 0.6) is 17.2 Å². The molecule has 0 bridgehead atoms. The summed E-state index contributed by atoms with van der Waals surface area (Å²) in [4.78, 5) is 39.8. The molecule has 0 aliphatic carbocycles. The third kappa shape index (κ3) is 6.87. The van der Waals surface area contributed by atoms with Gasteiger partial charge in [-0.05, 0) is 41.5 Å². The Morgan fingerprint density at radius 3 is 1.83 bits per heavy atom. The molecule has 4 aromatic carbocycles. The number of carbonyl (C=O) groups is 3. The smallest absolute Gasteiger partial charge is 0.323 e. The van der Waals surface area contributed by atoms with Gasteiger partial charge in [0.1, 0.15) is 5.75 Å². The highest BCUT2D eigenvalue weighted by Crippen LogP contribution is 2.36. The molecule has 4 rings (SSSR count). The van der Waals surface area contributed by atoms with Gasteiger partial charge >= 0.3 is 6.03 Å². The molecule has 9 nitrogen and oxygen atoms in total. The molecule has 0 aliphatic rings. The normalized spacial score (nSPS) is 10.6. The first-order valence-corrected chi connectivity index (χ1v) is 13.4. The molecule has 0 saturated heterocycles. The van der Waals surface area contributed by atoms with Crippen LogP contribution in [0.25, 0.3) is 0 Å². The van der Waals surface area contributed by atoms with Crippen molar-refractivity contribution in [3.8, 4) is 17.2 Å². The van der Waals surface area contributed by atoms with Crippen molar-refractivity contribution in [2.45, 2.75) is 19.4 Å². The SMILES string of the molecule is CCC(=O)c1cc(N(C(N)=O)c2ccc(OC)c(OC)c2)ccc1OCC(=O)NC(c1ccccc1)c1ccccc1. The highest BCUT2D eigenvalue weighted by atomic mass is 16.5. The van der Waals surface area contributed by atoms with Crippen molar-refractivity contribution in [3.63, 3.8) is 0 Å². The van der Waals surface area contributed by atoms with Gasteiger partial charge in [0, 0.05) is 12.5 Å². The van der Waals surface area contributed by atoms with Gasteiger partial charge in [-0.3, -0.25) is 14.5 Å². The first-order chi connectivity index (χ1) is 20.4. The van der Waals surface area contributed by atoms with Crippen molar-refractivity contribution in [2.24, 2.45) is 5.73 Å². The Hall–Kier alpha value is -5.31. The summed E-state index contributed by atoms with van der Waals surface area (Å²) < 4.78 is 16.5. The molecule has 0 saturated carbocycles. The highest BCUT2D eigenvalue weighted by molar-refractivity contribution is 6.03. The molecule has 42 heavy (non-hydrogen) atoms. The van der Waals surface area contributed by atoms with Crippen LogP contribution in [0.4, 0.5) is 16.2 Å². The molecule has 0 atom stereocenters. The monoisotopic (exact) mass is 567 g/mol. The van der Waals surface area contributed by atoms with Gasteiger partial charge in [0.15, 0.2) is 23.9 Å². The maximum Gasteiger partial charge on any atom is 0.323 e. The van der Waals surface area contributed by atoms with Crippen molar-refractivity contribution in [3.05, 3.63) is 114 Å². The summed E-state index contributed by atoms with van der Waals surface area (Å²) in [7, 11) is 2.99. The molecule has 3 N–H and O–H groups in total. The number of hydrogen-bond acceptors (Lipinski definition) is 6. The number of amides is 3. The first kappa shape index (κ1) is 29.7. The van der Waals surface area contributed by atoms with Gasteiger partial charge in [0.05, 0.1) is 37.2 Å². The number of ketones is 1. The van der Waals surface area contributed by atoms with Crippen molar-refractivity contribution in [2.75, 3.05) is 25.7 Å². The number of urea groups is 1. The van der Waals surface area contributed by atoms with Gasteiger partial charge in [0.25, 0.3) is 5.91 Å². The second-order valence-corrected chi connectivity index (χ2v) is 9.28. The topological polar surface area (TPSA) is 120 Å². The zero-order chi connectivity index (χ0) is 30.1. The average molecular weight is 568 g/mol. The van der Waals surface area contributed by atoms with Crippen molar-refractivity contribution in [1.29, 1.82) is 0 Å². The molecule has 3 amide bonds. The molecular formula is C33H33N3O6. The summed E-state index contributed by atoms with van der Waals surface area (Å²) in [6.07, 6.45) is 0.184. The Kier molecular flexibility index (Phi) is 9.78. The van der Waals surface area contributed by atoms with E-state index < -0.39 is 6.03 Å². The van der Waals surface area contributed by atoms with Gasteiger partial charge in [-0.1, -0.05) is 67.6 Å². The number of primary amides is 1. The first-order valence-electron chi connectivity index (χ1n) is 13.4. The molecule has 9 heteroatoms. The Balaban J connectivity index is 1.58. The molecule has 4 aromatic rings. The standard InChI is InChI=1S/C33H33N3O6/c1-4-27(37)26-19-24(36(33(34)39)25-16-18-29(40-2)30(20-25)41-3)15-17-28(26)42-21-31(38)35-32(22-11-7-5-8-12-22)23-13-9-6-10-14-23/h5-20,32H,4,21H2,1-3H3,(H2,34,39)(H,35,38). The number of nitrogens with one attached hydrogen (secondary N) is 1. The molecule has 0 radical (unpaired) electrons. The van der Waals surface area contributed by atoms with Crippen LogP contribution in [-0.4, -0.2) is 38.5 Å². The van der Waals surface area contributed by atoms with Crippen LogP contribution in [0.1, 0.15) is 40.9 Å². The second-order valence-electron chi connectivity index (χ2n) is 9.28. The number of ether oxygens (including phenoxy) is 3. The van der Waals surface area contributed by atoms with E-state index >= 15 is 0 Å². The minimum atomic E-state index is -0.766. The molecule has 0 unspecified atom stereocenters. The van der Waals surface area contributed by atoms with Crippen LogP contribution >= 0.6 is 0 Å².